The molecule has 2 aromatic rings. The summed E-state index contributed by atoms with van der Waals surface area (Å²) in [4.78, 5) is 22.7. The summed E-state index contributed by atoms with van der Waals surface area (Å²) in [5, 5.41) is 7.06. The second-order valence-corrected chi connectivity index (χ2v) is 4.63. The zero-order valence-electron chi connectivity index (χ0n) is 8.81. The Morgan fingerprint density at radius 3 is 2.88 bits per heavy atom. The number of nitrogens with one attached hydrogen (secondary N) is 1. The molecule has 17 heavy (non-hydrogen) atoms. The molecule has 0 bridgehead atoms. The van der Waals surface area contributed by atoms with Crippen LogP contribution in [0.25, 0.3) is 0 Å². The molecule has 1 heterocycles. The fraction of sp³-hybridized carbons (Fsp3) is 0.100. The molecule has 0 atom stereocenters. The fourth-order valence-electron chi connectivity index (χ4n) is 1.24. The van der Waals surface area contributed by atoms with Gasteiger partial charge in [-0.2, -0.15) is 0 Å². The van der Waals surface area contributed by atoms with Crippen LogP contribution >= 0.6 is 23.4 Å². The zero-order chi connectivity index (χ0) is 12.4. The van der Waals surface area contributed by atoms with Crippen molar-refractivity contribution in [1.82, 2.24) is 14.8 Å². The Morgan fingerprint density at radius 1 is 1.53 bits per heavy atom. The lowest BCUT2D eigenvalue weighted by molar-refractivity contribution is 0.112. The molecule has 2 rings (SSSR count). The SMILES string of the molecule is Cn1c(Sc2c(Cl)cccc2C=O)n[nH]c1=O. The van der Waals surface area contributed by atoms with E-state index in [1.807, 2.05) is 0 Å². The summed E-state index contributed by atoms with van der Waals surface area (Å²) in [7, 11) is 1.59. The van der Waals surface area contributed by atoms with E-state index in [2.05, 4.69) is 10.2 Å². The van der Waals surface area contributed by atoms with Gasteiger partial charge in [0, 0.05) is 17.5 Å². The maximum absolute atomic E-state index is 11.2. The molecule has 0 amide bonds. The van der Waals surface area contributed by atoms with E-state index in [1.165, 1.54) is 16.3 Å². The number of carbonyl (C=O) groups is 1. The Labute approximate surface area is 106 Å². The number of carbonyl (C=O) groups excluding carboxylic acids is 1. The van der Waals surface area contributed by atoms with Gasteiger partial charge in [0.15, 0.2) is 11.4 Å². The minimum atomic E-state index is -0.313. The smallest absolute Gasteiger partial charge is 0.298 e. The third-order valence-electron chi connectivity index (χ3n) is 2.16. The van der Waals surface area contributed by atoms with Crippen molar-refractivity contribution in [2.24, 2.45) is 7.05 Å². The summed E-state index contributed by atoms with van der Waals surface area (Å²) in [6.45, 7) is 0. The fourth-order valence-corrected chi connectivity index (χ4v) is 2.43. The average Bonchev–Trinajstić information content (AvgIpc) is 2.63. The zero-order valence-corrected chi connectivity index (χ0v) is 10.4. The quantitative estimate of drug-likeness (QED) is 0.862. The Kier molecular flexibility index (Phi) is 3.35. The average molecular weight is 270 g/mol. The molecule has 1 aromatic carbocycles. The van der Waals surface area contributed by atoms with Crippen LogP contribution in [0.15, 0.2) is 33.0 Å². The standard InChI is InChI=1S/C10H8ClN3O2S/c1-14-9(16)12-13-10(14)17-8-6(5-15)3-2-4-7(8)11/h2-5H,1H3,(H,12,16). The van der Waals surface area contributed by atoms with Crippen molar-refractivity contribution < 1.29 is 4.79 Å². The van der Waals surface area contributed by atoms with Gasteiger partial charge in [-0.15, -0.1) is 5.10 Å². The van der Waals surface area contributed by atoms with Crippen LogP contribution in [-0.2, 0) is 7.05 Å². The summed E-state index contributed by atoms with van der Waals surface area (Å²) < 4.78 is 1.35. The molecule has 0 fully saturated rings. The van der Waals surface area contributed by atoms with Crippen molar-refractivity contribution >= 4 is 29.6 Å². The van der Waals surface area contributed by atoms with E-state index >= 15 is 0 Å². The summed E-state index contributed by atoms with van der Waals surface area (Å²) in [6.07, 6.45) is 0.721. The lowest BCUT2D eigenvalue weighted by atomic mass is 10.2. The van der Waals surface area contributed by atoms with Gasteiger partial charge in [-0.3, -0.25) is 9.36 Å². The van der Waals surface area contributed by atoms with E-state index in [4.69, 9.17) is 11.6 Å². The summed E-state index contributed by atoms with van der Waals surface area (Å²) in [5.74, 6) is 0. The lowest BCUT2D eigenvalue weighted by Crippen LogP contribution is -2.12. The molecule has 0 spiro atoms. The van der Waals surface area contributed by atoms with Crippen LogP contribution in [0, 0.1) is 0 Å². The normalized spacial score (nSPS) is 10.5. The highest BCUT2D eigenvalue weighted by Gasteiger charge is 2.12. The molecule has 0 aliphatic carbocycles. The van der Waals surface area contributed by atoms with Gasteiger partial charge in [-0.1, -0.05) is 23.7 Å². The summed E-state index contributed by atoms with van der Waals surface area (Å²) in [5.41, 5.74) is 0.158. The van der Waals surface area contributed by atoms with Crippen LogP contribution in [0.5, 0.6) is 0 Å². The molecule has 88 valence electrons. The molecular weight excluding hydrogens is 262 g/mol. The van der Waals surface area contributed by atoms with Crippen LogP contribution in [-0.4, -0.2) is 21.1 Å². The van der Waals surface area contributed by atoms with Gasteiger partial charge in [0.25, 0.3) is 0 Å². The van der Waals surface area contributed by atoms with Gasteiger partial charge in [-0.05, 0) is 17.8 Å². The first-order chi connectivity index (χ1) is 8.13. The van der Waals surface area contributed by atoms with Crippen LogP contribution in [0.4, 0.5) is 0 Å². The topological polar surface area (TPSA) is 67.8 Å². The monoisotopic (exact) mass is 269 g/mol. The first-order valence-electron chi connectivity index (χ1n) is 4.66. The number of halogens is 1. The number of H-pyrrole nitrogens is 1. The molecule has 0 radical (unpaired) electrons. The van der Waals surface area contributed by atoms with Crippen molar-refractivity contribution in [2.75, 3.05) is 0 Å². The highest BCUT2D eigenvalue weighted by Crippen LogP contribution is 2.33. The molecule has 0 unspecified atom stereocenters. The maximum atomic E-state index is 11.2. The highest BCUT2D eigenvalue weighted by molar-refractivity contribution is 7.99. The van der Waals surface area contributed by atoms with Gasteiger partial charge < -0.3 is 0 Å². The minimum absolute atomic E-state index is 0.313. The number of hydrogen-bond acceptors (Lipinski definition) is 4. The number of aldehydes is 1. The Hall–Kier alpha value is -1.53. The van der Waals surface area contributed by atoms with Crippen LogP contribution in [0.1, 0.15) is 10.4 Å². The van der Waals surface area contributed by atoms with Crippen LogP contribution in [0.3, 0.4) is 0 Å². The predicted octanol–water partition coefficient (Wildman–Crippen LogP) is 1.73. The minimum Gasteiger partial charge on any atom is -0.298 e. The number of hydrogen-bond donors (Lipinski definition) is 1. The van der Waals surface area contributed by atoms with Crippen molar-refractivity contribution in [3.05, 3.63) is 39.3 Å². The Morgan fingerprint density at radius 2 is 2.29 bits per heavy atom. The van der Waals surface area contributed by atoms with Crippen molar-refractivity contribution in [3.8, 4) is 0 Å². The van der Waals surface area contributed by atoms with Gasteiger partial charge in [0.05, 0.1) is 5.02 Å². The first-order valence-corrected chi connectivity index (χ1v) is 5.86. The molecule has 0 aliphatic heterocycles. The van der Waals surface area contributed by atoms with Gasteiger partial charge in [0.2, 0.25) is 0 Å². The molecule has 0 saturated carbocycles. The van der Waals surface area contributed by atoms with E-state index in [1.54, 1.807) is 25.2 Å². The van der Waals surface area contributed by atoms with Crippen molar-refractivity contribution in [3.63, 3.8) is 0 Å². The van der Waals surface area contributed by atoms with E-state index in [0.29, 0.717) is 20.6 Å². The van der Waals surface area contributed by atoms with E-state index in [0.717, 1.165) is 6.29 Å². The van der Waals surface area contributed by atoms with E-state index in [9.17, 15) is 9.59 Å². The highest BCUT2D eigenvalue weighted by atomic mass is 35.5. The first kappa shape index (κ1) is 11.9. The molecule has 7 heteroatoms. The number of aromatic nitrogens is 3. The van der Waals surface area contributed by atoms with E-state index in [-0.39, 0.29) is 5.69 Å². The molecule has 0 saturated heterocycles. The summed E-state index contributed by atoms with van der Waals surface area (Å²) >= 11 is 7.18. The predicted molar refractivity (Wildman–Crippen MR) is 64.8 cm³/mol. The number of nitrogens with zero attached hydrogens (tertiary/aromatic N) is 2. The second-order valence-electron chi connectivity index (χ2n) is 3.25. The molecule has 1 aromatic heterocycles. The molecular formula is C10H8ClN3O2S. The lowest BCUT2D eigenvalue weighted by Gasteiger charge is -2.05. The maximum Gasteiger partial charge on any atom is 0.343 e. The molecule has 1 N–H and O–H groups in total. The largest absolute Gasteiger partial charge is 0.343 e. The Bertz CT molecular complexity index is 620. The van der Waals surface area contributed by atoms with Gasteiger partial charge in [0.1, 0.15) is 0 Å². The van der Waals surface area contributed by atoms with Gasteiger partial charge in [-0.25, -0.2) is 9.89 Å². The summed E-state index contributed by atoms with van der Waals surface area (Å²) in [6, 6.07) is 5.04. The third-order valence-corrected chi connectivity index (χ3v) is 3.79. The van der Waals surface area contributed by atoms with Crippen LogP contribution in [0.2, 0.25) is 5.02 Å². The van der Waals surface area contributed by atoms with E-state index < -0.39 is 0 Å². The molecule has 0 aliphatic rings. The third kappa shape index (κ3) is 2.27. The van der Waals surface area contributed by atoms with Crippen LogP contribution < -0.4 is 5.69 Å². The second kappa shape index (κ2) is 4.77. The number of benzene rings is 1. The molecule has 5 nitrogen and oxygen atoms in total. The van der Waals surface area contributed by atoms with Crippen molar-refractivity contribution in [2.45, 2.75) is 10.1 Å². The Balaban J connectivity index is 2.46. The van der Waals surface area contributed by atoms with Crippen molar-refractivity contribution in [1.29, 1.82) is 0 Å². The number of rotatable bonds is 3. The number of aromatic amines is 1. The van der Waals surface area contributed by atoms with Gasteiger partial charge >= 0.3 is 5.69 Å².